The summed E-state index contributed by atoms with van der Waals surface area (Å²) in [6, 6.07) is 18.9. The monoisotopic (exact) mass is 475 g/mol. The van der Waals surface area contributed by atoms with Crippen LogP contribution in [-0.4, -0.2) is 47.3 Å². The molecule has 2 saturated heterocycles. The SMILES string of the molecule is CC(N)c1ccc(C(=O)N2C[C@H](c3ccc(F)cc3)CC2C(=O)N2CC[C@H](c3ccccc3)C2)o1. The van der Waals surface area contributed by atoms with Crippen molar-refractivity contribution < 1.29 is 18.4 Å². The Morgan fingerprint density at radius 3 is 2.37 bits per heavy atom. The fraction of sp³-hybridized carbons (Fsp3) is 0.357. The van der Waals surface area contributed by atoms with E-state index in [1.165, 1.54) is 17.7 Å². The van der Waals surface area contributed by atoms with Crippen LogP contribution in [0.25, 0.3) is 0 Å². The normalized spacial score (nSPS) is 23.0. The van der Waals surface area contributed by atoms with Gasteiger partial charge in [0, 0.05) is 31.5 Å². The second kappa shape index (κ2) is 9.66. The Balaban J connectivity index is 1.38. The molecule has 2 amide bonds. The summed E-state index contributed by atoms with van der Waals surface area (Å²) in [6.45, 7) is 3.45. The van der Waals surface area contributed by atoms with Gasteiger partial charge in [0.25, 0.3) is 5.91 Å². The van der Waals surface area contributed by atoms with Gasteiger partial charge in [-0.15, -0.1) is 0 Å². The highest BCUT2D eigenvalue weighted by molar-refractivity contribution is 5.96. The van der Waals surface area contributed by atoms with Gasteiger partial charge < -0.3 is 20.0 Å². The number of hydrogen-bond acceptors (Lipinski definition) is 4. The fourth-order valence-electron chi connectivity index (χ4n) is 5.29. The van der Waals surface area contributed by atoms with Gasteiger partial charge in [0.05, 0.1) is 6.04 Å². The lowest BCUT2D eigenvalue weighted by Crippen LogP contribution is -2.47. The zero-order chi connectivity index (χ0) is 24.5. The predicted octanol–water partition coefficient (Wildman–Crippen LogP) is 4.45. The van der Waals surface area contributed by atoms with Gasteiger partial charge in [-0.25, -0.2) is 4.39 Å². The van der Waals surface area contributed by atoms with Gasteiger partial charge in [0.1, 0.15) is 17.6 Å². The quantitative estimate of drug-likeness (QED) is 0.591. The van der Waals surface area contributed by atoms with Crippen LogP contribution in [0.15, 0.2) is 71.1 Å². The van der Waals surface area contributed by atoms with Crippen molar-refractivity contribution in [3.05, 3.63) is 95.2 Å². The Hall–Kier alpha value is -3.45. The first-order chi connectivity index (χ1) is 16.9. The van der Waals surface area contributed by atoms with Crippen molar-refractivity contribution in [2.24, 2.45) is 5.73 Å². The number of amides is 2. The summed E-state index contributed by atoms with van der Waals surface area (Å²) in [6.07, 6.45) is 1.39. The summed E-state index contributed by atoms with van der Waals surface area (Å²) >= 11 is 0. The summed E-state index contributed by atoms with van der Waals surface area (Å²) in [5.41, 5.74) is 8.04. The molecule has 0 radical (unpaired) electrons. The van der Waals surface area contributed by atoms with E-state index in [2.05, 4.69) is 12.1 Å². The zero-order valence-electron chi connectivity index (χ0n) is 19.8. The van der Waals surface area contributed by atoms with E-state index < -0.39 is 6.04 Å². The number of halogens is 1. The highest BCUT2D eigenvalue weighted by Gasteiger charge is 2.44. The van der Waals surface area contributed by atoms with Crippen LogP contribution < -0.4 is 5.73 Å². The van der Waals surface area contributed by atoms with Crippen LogP contribution in [0.1, 0.15) is 65.1 Å². The first-order valence-electron chi connectivity index (χ1n) is 12.2. The van der Waals surface area contributed by atoms with Gasteiger partial charge in [-0.05, 0) is 55.2 Å². The molecule has 5 rings (SSSR count). The first-order valence-corrected chi connectivity index (χ1v) is 12.2. The number of likely N-dealkylation sites (tertiary alicyclic amines) is 2. The van der Waals surface area contributed by atoms with Crippen molar-refractivity contribution in [2.45, 2.75) is 43.7 Å². The summed E-state index contributed by atoms with van der Waals surface area (Å²) in [7, 11) is 0. The molecular formula is C28H30FN3O3. The molecule has 2 aromatic carbocycles. The topological polar surface area (TPSA) is 79.8 Å². The lowest BCUT2D eigenvalue weighted by molar-refractivity contribution is -0.134. The van der Waals surface area contributed by atoms with Crippen LogP contribution in [0, 0.1) is 5.82 Å². The Morgan fingerprint density at radius 1 is 0.971 bits per heavy atom. The molecule has 0 bridgehead atoms. The number of benzene rings is 2. The van der Waals surface area contributed by atoms with E-state index in [0.29, 0.717) is 31.8 Å². The minimum Gasteiger partial charge on any atom is -0.454 e. The lowest BCUT2D eigenvalue weighted by atomic mass is 9.96. The molecule has 2 unspecified atom stereocenters. The summed E-state index contributed by atoms with van der Waals surface area (Å²) in [4.78, 5) is 30.7. The maximum absolute atomic E-state index is 13.7. The Bertz CT molecular complexity index is 1190. The van der Waals surface area contributed by atoms with Gasteiger partial charge in [-0.1, -0.05) is 42.5 Å². The molecule has 3 heterocycles. The highest BCUT2D eigenvalue weighted by atomic mass is 19.1. The molecule has 2 fully saturated rings. The van der Waals surface area contributed by atoms with Gasteiger partial charge in [0.2, 0.25) is 5.91 Å². The number of carbonyl (C=O) groups is 2. The smallest absolute Gasteiger partial charge is 0.290 e. The summed E-state index contributed by atoms with van der Waals surface area (Å²) in [5.74, 6) is 0.254. The minimum atomic E-state index is -0.601. The molecule has 0 saturated carbocycles. The first kappa shape index (κ1) is 23.3. The van der Waals surface area contributed by atoms with E-state index >= 15 is 0 Å². The van der Waals surface area contributed by atoms with Crippen molar-refractivity contribution in [1.82, 2.24) is 9.80 Å². The average molecular weight is 476 g/mol. The van der Waals surface area contributed by atoms with Crippen molar-refractivity contribution in [3.8, 4) is 0 Å². The number of nitrogens with two attached hydrogens (primary N) is 1. The lowest BCUT2D eigenvalue weighted by Gasteiger charge is -2.27. The molecule has 2 N–H and O–H groups in total. The zero-order valence-corrected chi connectivity index (χ0v) is 19.8. The molecule has 2 aliphatic rings. The Morgan fingerprint density at radius 2 is 1.69 bits per heavy atom. The maximum atomic E-state index is 13.7. The van der Waals surface area contributed by atoms with Gasteiger partial charge in [-0.2, -0.15) is 0 Å². The van der Waals surface area contributed by atoms with Crippen molar-refractivity contribution in [2.75, 3.05) is 19.6 Å². The third-order valence-electron chi connectivity index (χ3n) is 7.25. The Labute approximate surface area is 204 Å². The fourth-order valence-corrected chi connectivity index (χ4v) is 5.29. The third-order valence-corrected chi connectivity index (χ3v) is 7.25. The van der Waals surface area contributed by atoms with Crippen LogP contribution in [0.2, 0.25) is 0 Å². The summed E-state index contributed by atoms with van der Waals surface area (Å²) < 4.78 is 19.2. The predicted molar refractivity (Wildman–Crippen MR) is 130 cm³/mol. The van der Waals surface area contributed by atoms with Crippen LogP contribution in [0.5, 0.6) is 0 Å². The molecular weight excluding hydrogens is 445 g/mol. The highest BCUT2D eigenvalue weighted by Crippen LogP contribution is 2.36. The minimum absolute atomic E-state index is 0.0413. The van der Waals surface area contributed by atoms with E-state index in [9.17, 15) is 14.0 Å². The number of rotatable bonds is 5. The molecule has 4 atom stereocenters. The van der Waals surface area contributed by atoms with Crippen LogP contribution in [0.3, 0.4) is 0 Å². The number of nitrogens with zero attached hydrogens (tertiary/aromatic N) is 2. The van der Waals surface area contributed by atoms with Crippen LogP contribution >= 0.6 is 0 Å². The average Bonchev–Trinajstić information content (AvgIpc) is 3.64. The summed E-state index contributed by atoms with van der Waals surface area (Å²) in [5, 5.41) is 0. The van der Waals surface area contributed by atoms with E-state index in [1.807, 2.05) is 23.1 Å². The number of furan rings is 1. The maximum Gasteiger partial charge on any atom is 0.290 e. The van der Waals surface area contributed by atoms with Crippen molar-refractivity contribution in [3.63, 3.8) is 0 Å². The van der Waals surface area contributed by atoms with Crippen LogP contribution in [0.4, 0.5) is 4.39 Å². The van der Waals surface area contributed by atoms with Gasteiger partial charge in [0.15, 0.2) is 5.76 Å². The van der Waals surface area contributed by atoms with E-state index in [0.717, 1.165) is 12.0 Å². The molecule has 3 aromatic rings. The molecule has 0 aliphatic carbocycles. The number of carbonyl (C=O) groups excluding carboxylic acids is 2. The third kappa shape index (κ3) is 4.73. The number of hydrogen-bond donors (Lipinski definition) is 1. The largest absolute Gasteiger partial charge is 0.454 e. The molecule has 182 valence electrons. The van der Waals surface area contributed by atoms with E-state index in [4.69, 9.17) is 10.2 Å². The van der Waals surface area contributed by atoms with E-state index in [1.54, 1.807) is 36.1 Å². The molecule has 0 spiro atoms. The second-order valence-electron chi connectivity index (χ2n) is 9.63. The van der Waals surface area contributed by atoms with Crippen molar-refractivity contribution in [1.29, 1.82) is 0 Å². The van der Waals surface area contributed by atoms with Crippen LogP contribution in [-0.2, 0) is 4.79 Å². The molecule has 35 heavy (non-hydrogen) atoms. The standard InChI is InChI=1S/C28H30FN3O3/c1-18(30)25-11-12-26(35-25)28(34)32-17-22(20-7-9-23(29)10-8-20)15-24(32)27(33)31-14-13-21(16-31)19-5-3-2-4-6-19/h2-12,18,21-22,24H,13-17,30H2,1H3/t18?,21-,22+,24?/m0/s1. The molecule has 2 aliphatic heterocycles. The van der Waals surface area contributed by atoms with E-state index in [-0.39, 0.29) is 41.3 Å². The van der Waals surface area contributed by atoms with Crippen molar-refractivity contribution >= 4 is 11.8 Å². The molecule has 1 aromatic heterocycles. The van der Waals surface area contributed by atoms with Gasteiger partial charge >= 0.3 is 0 Å². The Kier molecular flexibility index (Phi) is 6.43. The molecule has 7 heteroatoms. The van der Waals surface area contributed by atoms with Gasteiger partial charge in [-0.3, -0.25) is 9.59 Å². The second-order valence-corrected chi connectivity index (χ2v) is 9.63. The molecule has 6 nitrogen and oxygen atoms in total.